The van der Waals surface area contributed by atoms with Gasteiger partial charge in [-0.25, -0.2) is 9.97 Å². The largest absolute Gasteiger partial charge is 0.298 e. The molecule has 0 radical (unpaired) electrons. The van der Waals surface area contributed by atoms with Crippen molar-refractivity contribution in [3.8, 4) is 6.07 Å². The molecule has 0 bridgehead atoms. The Balaban J connectivity index is 1.93. The molecule has 1 aliphatic heterocycles. The molecule has 0 unspecified atom stereocenters. The first kappa shape index (κ1) is 11.7. The normalized spacial score (nSPS) is 16.6. The first-order chi connectivity index (χ1) is 8.29. The number of aromatic nitrogens is 2. The van der Waals surface area contributed by atoms with E-state index >= 15 is 0 Å². The molecule has 2 heterocycles. The fraction of sp³-hybridized carbons (Fsp3) is 0.462. The van der Waals surface area contributed by atoms with E-state index in [4.69, 9.17) is 5.26 Å². The molecule has 1 saturated heterocycles. The van der Waals surface area contributed by atoms with Gasteiger partial charge in [-0.15, -0.1) is 0 Å². The molecule has 0 saturated carbocycles. The zero-order valence-electron chi connectivity index (χ0n) is 10.1. The van der Waals surface area contributed by atoms with E-state index < -0.39 is 0 Å². The number of nitrogens with zero attached hydrogens (tertiary/aromatic N) is 4. The third-order valence-electron chi connectivity index (χ3n) is 3.17. The van der Waals surface area contributed by atoms with Crippen molar-refractivity contribution in [2.45, 2.75) is 26.3 Å². The maximum absolute atomic E-state index is 8.60. The number of piperidine rings is 1. The second kappa shape index (κ2) is 5.55. The van der Waals surface area contributed by atoms with Gasteiger partial charge in [0.2, 0.25) is 0 Å². The van der Waals surface area contributed by atoms with Crippen molar-refractivity contribution in [1.29, 1.82) is 5.26 Å². The predicted octanol–water partition coefficient (Wildman–Crippen LogP) is 1.83. The van der Waals surface area contributed by atoms with Crippen LogP contribution in [0.2, 0.25) is 0 Å². The number of allylic oxidation sites excluding steroid dienone is 1. The van der Waals surface area contributed by atoms with Crippen LogP contribution in [0, 0.1) is 18.3 Å². The Labute approximate surface area is 102 Å². The molecule has 4 nitrogen and oxygen atoms in total. The minimum absolute atomic E-state index is 0.909. The smallest absolute Gasteiger partial charge is 0.115 e. The SMILES string of the molecule is Cc1ncncc1CN1CCC(=CC#N)CC1. The molecule has 17 heavy (non-hydrogen) atoms. The van der Waals surface area contributed by atoms with Gasteiger partial charge >= 0.3 is 0 Å². The fourth-order valence-electron chi connectivity index (χ4n) is 2.05. The molecule has 1 aromatic rings. The van der Waals surface area contributed by atoms with E-state index in [1.54, 1.807) is 12.4 Å². The molecule has 1 aromatic heterocycles. The summed E-state index contributed by atoms with van der Waals surface area (Å²) in [5, 5.41) is 8.60. The maximum atomic E-state index is 8.60. The lowest BCUT2D eigenvalue weighted by Gasteiger charge is -2.28. The van der Waals surface area contributed by atoms with Crippen LogP contribution in [0.4, 0.5) is 0 Å². The molecule has 1 fully saturated rings. The molecule has 0 spiro atoms. The lowest BCUT2D eigenvalue weighted by molar-refractivity contribution is 0.247. The molecule has 0 aliphatic carbocycles. The van der Waals surface area contributed by atoms with Crippen LogP contribution in [0.15, 0.2) is 24.2 Å². The Kier molecular flexibility index (Phi) is 3.84. The summed E-state index contributed by atoms with van der Waals surface area (Å²) in [6.07, 6.45) is 7.17. The monoisotopic (exact) mass is 228 g/mol. The summed E-state index contributed by atoms with van der Waals surface area (Å²) in [7, 11) is 0. The summed E-state index contributed by atoms with van der Waals surface area (Å²) in [4.78, 5) is 10.6. The van der Waals surface area contributed by atoms with Crippen molar-refractivity contribution in [1.82, 2.24) is 14.9 Å². The first-order valence-electron chi connectivity index (χ1n) is 5.85. The number of nitriles is 1. The van der Waals surface area contributed by atoms with Gasteiger partial charge in [0.25, 0.3) is 0 Å². The lowest BCUT2D eigenvalue weighted by atomic mass is 10.0. The molecular formula is C13H16N4. The van der Waals surface area contributed by atoms with Crippen molar-refractivity contribution in [3.05, 3.63) is 35.4 Å². The average Bonchev–Trinajstić information content (AvgIpc) is 2.35. The summed E-state index contributed by atoms with van der Waals surface area (Å²) in [5.74, 6) is 0. The Hall–Kier alpha value is -1.73. The van der Waals surface area contributed by atoms with Crippen LogP contribution in [0.3, 0.4) is 0 Å². The van der Waals surface area contributed by atoms with E-state index in [-0.39, 0.29) is 0 Å². The average molecular weight is 228 g/mol. The molecule has 4 heteroatoms. The zero-order valence-corrected chi connectivity index (χ0v) is 10.1. The van der Waals surface area contributed by atoms with E-state index in [9.17, 15) is 0 Å². The van der Waals surface area contributed by atoms with Gasteiger partial charge in [-0.3, -0.25) is 4.90 Å². The maximum Gasteiger partial charge on any atom is 0.115 e. The summed E-state index contributed by atoms with van der Waals surface area (Å²) in [5.41, 5.74) is 3.52. The summed E-state index contributed by atoms with van der Waals surface area (Å²) in [6.45, 7) is 4.96. The minimum atomic E-state index is 0.909. The van der Waals surface area contributed by atoms with Crippen molar-refractivity contribution in [2.24, 2.45) is 0 Å². The molecule has 2 rings (SSSR count). The first-order valence-corrected chi connectivity index (χ1v) is 5.85. The van der Waals surface area contributed by atoms with Crippen LogP contribution in [0.1, 0.15) is 24.1 Å². The standard InChI is InChI=1S/C13H16N4/c1-11-13(8-15-10-16-11)9-17-6-3-12(2-5-14)4-7-17/h2,8,10H,3-4,6-7,9H2,1H3. The van der Waals surface area contributed by atoms with E-state index in [1.807, 2.05) is 13.1 Å². The summed E-state index contributed by atoms with van der Waals surface area (Å²) in [6, 6.07) is 2.11. The van der Waals surface area contributed by atoms with Crippen molar-refractivity contribution >= 4 is 0 Å². The number of rotatable bonds is 2. The van der Waals surface area contributed by atoms with Crippen molar-refractivity contribution < 1.29 is 0 Å². The molecule has 1 aliphatic rings. The van der Waals surface area contributed by atoms with Crippen LogP contribution in [-0.4, -0.2) is 28.0 Å². The van der Waals surface area contributed by atoms with Gasteiger partial charge in [0.15, 0.2) is 0 Å². The Morgan fingerprint density at radius 1 is 1.47 bits per heavy atom. The van der Waals surface area contributed by atoms with Crippen LogP contribution < -0.4 is 0 Å². The van der Waals surface area contributed by atoms with E-state index in [0.717, 1.165) is 38.2 Å². The predicted molar refractivity (Wildman–Crippen MR) is 65.0 cm³/mol. The van der Waals surface area contributed by atoms with Gasteiger partial charge in [0, 0.05) is 43.2 Å². The summed E-state index contributed by atoms with van der Waals surface area (Å²) >= 11 is 0. The Morgan fingerprint density at radius 3 is 2.88 bits per heavy atom. The highest BCUT2D eigenvalue weighted by molar-refractivity contribution is 5.17. The van der Waals surface area contributed by atoms with Gasteiger partial charge in [-0.2, -0.15) is 5.26 Å². The minimum Gasteiger partial charge on any atom is -0.298 e. The number of hydrogen-bond acceptors (Lipinski definition) is 4. The summed E-state index contributed by atoms with van der Waals surface area (Å²) < 4.78 is 0. The van der Waals surface area contributed by atoms with Crippen LogP contribution in [0.5, 0.6) is 0 Å². The second-order valence-corrected chi connectivity index (χ2v) is 4.34. The second-order valence-electron chi connectivity index (χ2n) is 4.34. The molecular weight excluding hydrogens is 212 g/mol. The highest BCUT2D eigenvalue weighted by Crippen LogP contribution is 2.18. The molecule has 88 valence electrons. The van der Waals surface area contributed by atoms with Crippen molar-refractivity contribution in [2.75, 3.05) is 13.1 Å². The fourth-order valence-corrected chi connectivity index (χ4v) is 2.05. The quantitative estimate of drug-likeness (QED) is 0.725. The Bertz CT molecular complexity index is 449. The molecule has 0 aromatic carbocycles. The third-order valence-corrected chi connectivity index (χ3v) is 3.17. The van der Waals surface area contributed by atoms with Gasteiger partial charge in [-0.05, 0) is 19.8 Å². The van der Waals surface area contributed by atoms with Crippen LogP contribution in [0.25, 0.3) is 0 Å². The molecule has 0 atom stereocenters. The molecule has 0 amide bonds. The number of likely N-dealkylation sites (tertiary alicyclic amines) is 1. The van der Waals surface area contributed by atoms with Gasteiger partial charge in [0.05, 0.1) is 6.07 Å². The van der Waals surface area contributed by atoms with Crippen LogP contribution >= 0.6 is 0 Å². The van der Waals surface area contributed by atoms with Gasteiger partial charge < -0.3 is 0 Å². The van der Waals surface area contributed by atoms with E-state index in [1.165, 1.54) is 11.1 Å². The number of aryl methyl sites for hydroxylation is 1. The van der Waals surface area contributed by atoms with Gasteiger partial charge in [0.1, 0.15) is 6.33 Å². The highest BCUT2D eigenvalue weighted by atomic mass is 15.1. The third kappa shape index (κ3) is 3.11. The Morgan fingerprint density at radius 2 is 2.24 bits per heavy atom. The van der Waals surface area contributed by atoms with Gasteiger partial charge in [-0.1, -0.05) is 5.57 Å². The van der Waals surface area contributed by atoms with E-state index in [2.05, 4.69) is 20.9 Å². The zero-order chi connectivity index (χ0) is 12.1. The topological polar surface area (TPSA) is 52.8 Å². The van der Waals surface area contributed by atoms with Crippen molar-refractivity contribution in [3.63, 3.8) is 0 Å². The lowest BCUT2D eigenvalue weighted by Crippen LogP contribution is -2.30. The number of hydrogen-bond donors (Lipinski definition) is 0. The molecule has 0 N–H and O–H groups in total. The van der Waals surface area contributed by atoms with Crippen LogP contribution in [-0.2, 0) is 6.54 Å². The van der Waals surface area contributed by atoms with E-state index in [0.29, 0.717) is 0 Å². The highest BCUT2D eigenvalue weighted by Gasteiger charge is 2.14.